The largest absolute Gasteiger partial charge is 0.497 e. The van der Waals surface area contributed by atoms with Crippen molar-refractivity contribution in [1.82, 2.24) is 0 Å². The van der Waals surface area contributed by atoms with Crippen molar-refractivity contribution in [2.24, 2.45) is 0 Å². The number of benzene rings is 1. The molecule has 0 N–H and O–H groups in total. The topological polar surface area (TPSA) is 54.0 Å². The van der Waals surface area contributed by atoms with E-state index in [1.807, 2.05) is 12.1 Å². The van der Waals surface area contributed by atoms with E-state index in [0.29, 0.717) is 31.3 Å². The lowest BCUT2D eigenvalue weighted by atomic mass is 9.78. The van der Waals surface area contributed by atoms with E-state index in [4.69, 9.17) is 18.9 Å². The van der Waals surface area contributed by atoms with Gasteiger partial charge in [0.25, 0.3) is 0 Å². The number of carbonyl (C=O) groups is 1. The van der Waals surface area contributed by atoms with Crippen molar-refractivity contribution in [3.8, 4) is 11.5 Å². The van der Waals surface area contributed by atoms with Gasteiger partial charge in [-0.3, -0.25) is 4.79 Å². The first-order valence-electron chi connectivity index (χ1n) is 6.15. The maximum absolute atomic E-state index is 12.2. The average Bonchev–Trinajstić information content (AvgIpc) is 2.37. The fourth-order valence-corrected chi connectivity index (χ4v) is 2.06. The van der Waals surface area contributed by atoms with Crippen LogP contribution in [0.15, 0.2) is 18.2 Å². The number of ether oxygens (including phenoxy) is 4. The summed E-state index contributed by atoms with van der Waals surface area (Å²) in [7, 11) is 3.15. The Bertz CT molecular complexity index is 443. The van der Waals surface area contributed by atoms with Crippen LogP contribution in [-0.2, 0) is 19.7 Å². The molecule has 1 heterocycles. The predicted molar refractivity (Wildman–Crippen MR) is 68.7 cm³/mol. The summed E-state index contributed by atoms with van der Waals surface area (Å²) in [5.41, 5.74) is 0.0612. The maximum atomic E-state index is 12.2. The van der Waals surface area contributed by atoms with Crippen molar-refractivity contribution in [3.05, 3.63) is 23.8 Å². The van der Waals surface area contributed by atoms with Crippen LogP contribution in [0.2, 0.25) is 0 Å². The van der Waals surface area contributed by atoms with Gasteiger partial charge in [0.1, 0.15) is 16.9 Å². The van der Waals surface area contributed by atoms with Crippen molar-refractivity contribution in [2.75, 3.05) is 34.0 Å². The summed E-state index contributed by atoms with van der Waals surface area (Å²) in [4.78, 5) is 12.2. The number of hydrogen-bond acceptors (Lipinski definition) is 5. The van der Waals surface area contributed by atoms with E-state index in [-0.39, 0.29) is 5.97 Å². The summed E-state index contributed by atoms with van der Waals surface area (Å²) in [6, 6.07) is 5.41. The number of methoxy groups -OCH3 is 2. The second-order valence-electron chi connectivity index (χ2n) is 4.40. The molecule has 1 aromatic carbocycles. The van der Waals surface area contributed by atoms with E-state index in [1.54, 1.807) is 27.2 Å². The lowest BCUT2D eigenvalue weighted by Gasteiger charge is -2.39. The molecule has 0 amide bonds. The highest BCUT2D eigenvalue weighted by Crippen LogP contribution is 2.37. The number of rotatable bonds is 5. The average molecular weight is 266 g/mol. The lowest BCUT2D eigenvalue weighted by Crippen LogP contribution is -2.53. The van der Waals surface area contributed by atoms with Crippen molar-refractivity contribution >= 4 is 5.97 Å². The van der Waals surface area contributed by atoms with Gasteiger partial charge in [0, 0.05) is 6.07 Å². The van der Waals surface area contributed by atoms with Gasteiger partial charge >= 0.3 is 5.97 Å². The van der Waals surface area contributed by atoms with Crippen LogP contribution in [0.1, 0.15) is 12.5 Å². The van der Waals surface area contributed by atoms with Crippen LogP contribution in [0, 0.1) is 0 Å². The van der Waals surface area contributed by atoms with Crippen LogP contribution in [0.4, 0.5) is 0 Å². The molecule has 1 aliphatic heterocycles. The quantitative estimate of drug-likeness (QED) is 0.757. The first-order chi connectivity index (χ1) is 9.16. The van der Waals surface area contributed by atoms with Crippen LogP contribution in [0.25, 0.3) is 0 Å². The smallest absolute Gasteiger partial charge is 0.321 e. The molecular weight excluding hydrogens is 248 g/mol. The van der Waals surface area contributed by atoms with Gasteiger partial charge in [-0.05, 0) is 24.6 Å². The van der Waals surface area contributed by atoms with Gasteiger partial charge in [-0.1, -0.05) is 0 Å². The Kier molecular flexibility index (Phi) is 3.95. The molecule has 0 spiro atoms. The van der Waals surface area contributed by atoms with E-state index >= 15 is 0 Å². The minimum absolute atomic E-state index is 0.267. The summed E-state index contributed by atoms with van der Waals surface area (Å²) >= 11 is 0. The highest BCUT2D eigenvalue weighted by molar-refractivity contribution is 5.85. The molecule has 0 radical (unpaired) electrons. The summed E-state index contributed by atoms with van der Waals surface area (Å²) < 4.78 is 20.8. The zero-order valence-electron chi connectivity index (χ0n) is 11.4. The molecule has 0 atom stereocenters. The molecule has 0 aromatic heterocycles. The molecule has 1 saturated heterocycles. The highest BCUT2D eigenvalue weighted by atomic mass is 16.6. The molecule has 0 aliphatic carbocycles. The Morgan fingerprint density at radius 1 is 1.21 bits per heavy atom. The Balaban J connectivity index is 2.40. The molecule has 5 heteroatoms. The van der Waals surface area contributed by atoms with Crippen LogP contribution in [0.5, 0.6) is 11.5 Å². The summed E-state index contributed by atoms with van der Waals surface area (Å²) in [5.74, 6) is 1.02. The molecule has 0 unspecified atom stereocenters. The third-order valence-corrected chi connectivity index (χ3v) is 3.27. The summed E-state index contributed by atoms with van der Waals surface area (Å²) in [5, 5.41) is 0. The number of esters is 1. The van der Waals surface area contributed by atoms with Gasteiger partial charge in [-0.25, -0.2) is 0 Å². The zero-order chi connectivity index (χ0) is 13.9. The standard InChI is InChI=1S/C14H18O5/c1-4-19-13(15)14(8-18-9-14)10-5-11(16-2)7-12(6-10)17-3/h5-7H,4,8-9H2,1-3H3. The van der Waals surface area contributed by atoms with Crippen molar-refractivity contribution < 1.29 is 23.7 Å². The van der Waals surface area contributed by atoms with Crippen LogP contribution >= 0.6 is 0 Å². The third-order valence-electron chi connectivity index (χ3n) is 3.27. The van der Waals surface area contributed by atoms with Gasteiger partial charge in [0.2, 0.25) is 0 Å². The van der Waals surface area contributed by atoms with Crippen molar-refractivity contribution in [3.63, 3.8) is 0 Å². The van der Waals surface area contributed by atoms with Gasteiger partial charge in [-0.2, -0.15) is 0 Å². The second kappa shape index (κ2) is 5.48. The Morgan fingerprint density at radius 3 is 2.16 bits per heavy atom. The van der Waals surface area contributed by atoms with Gasteiger partial charge in [0.15, 0.2) is 0 Å². The van der Waals surface area contributed by atoms with Crippen LogP contribution in [0.3, 0.4) is 0 Å². The molecule has 1 aromatic rings. The first-order valence-corrected chi connectivity index (χ1v) is 6.15. The predicted octanol–water partition coefficient (Wildman–Crippen LogP) is 1.53. The van der Waals surface area contributed by atoms with Crippen molar-refractivity contribution in [2.45, 2.75) is 12.3 Å². The molecule has 1 fully saturated rings. The van der Waals surface area contributed by atoms with E-state index in [2.05, 4.69) is 0 Å². The first kappa shape index (κ1) is 13.7. The summed E-state index contributed by atoms with van der Waals surface area (Å²) in [6.07, 6.45) is 0. The molecule has 1 aliphatic rings. The molecule has 104 valence electrons. The molecule has 5 nitrogen and oxygen atoms in total. The Labute approximate surface area is 112 Å². The van der Waals surface area contributed by atoms with E-state index in [9.17, 15) is 4.79 Å². The fraction of sp³-hybridized carbons (Fsp3) is 0.500. The van der Waals surface area contributed by atoms with Gasteiger partial charge in [0.05, 0.1) is 34.0 Å². The molecule has 0 saturated carbocycles. The zero-order valence-corrected chi connectivity index (χ0v) is 11.4. The molecule has 0 bridgehead atoms. The molecule has 19 heavy (non-hydrogen) atoms. The second-order valence-corrected chi connectivity index (χ2v) is 4.40. The van der Waals surface area contributed by atoms with Crippen molar-refractivity contribution in [1.29, 1.82) is 0 Å². The summed E-state index contributed by atoms with van der Waals surface area (Å²) in [6.45, 7) is 2.78. The third kappa shape index (κ3) is 2.38. The normalized spacial score (nSPS) is 16.4. The SMILES string of the molecule is CCOC(=O)C1(c2cc(OC)cc(OC)c2)COC1. The van der Waals surface area contributed by atoms with Crippen LogP contribution in [-0.4, -0.2) is 40.0 Å². The van der Waals surface area contributed by atoms with Gasteiger partial charge < -0.3 is 18.9 Å². The van der Waals surface area contributed by atoms with Crippen LogP contribution < -0.4 is 9.47 Å². The maximum Gasteiger partial charge on any atom is 0.321 e. The minimum Gasteiger partial charge on any atom is -0.497 e. The Hall–Kier alpha value is -1.75. The highest BCUT2D eigenvalue weighted by Gasteiger charge is 2.49. The van der Waals surface area contributed by atoms with E-state index < -0.39 is 5.41 Å². The number of carbonyl (C=O) groups excluding carboxylic acids is 1. The fourth-order valence-electron chi connectivity index (χ4n) is 2.06. The molecular formula is C14H18O5. The molecule has 2 rings (SSSR count). The van der Waals surface area contributed by atoms with E-state index in [0.717, 1.165) is 5.56 Å². The van der Waals surface area contributed by atoms with E-state index in [1.165, 1.54) is 0 Å². The lowest BCUT2D eigenvalue weighted by molar-refractivity contribution is -0.169. The van der Waals surface area contributed by atoms with Gasteiger partial charge in [-0.15, -0.1) is 0 Å². The Morgan fingerprint density at radius 2 is 1.79 bits per heavy atom. The number of hydrogen-bond donors (Lipinski definition) is 0. The monoisotopic (exact) mass is 266 g/mol. The minimum atomic E-state index is -0.738.